The van der Waals surface area contributed by atoms with E-state index in [1.807, 2.05) is 6.07 Å². The van der Waals surface area contributed by atoms with Crippen LogP contribution >= 0.6 is 0 Å². The topological polar surface area (TPSA) is 44.8 Å². The lowest BCUT2D eigenvalue weighted by Crippen LogP contribution is -2.41. The van der Waals surface area contributed by atoms with E-state index in [1.165, 1.54) is 0 Å². The molecule has 1 aromatic carbocycles. The highest BCUT2D eigenvalue weighted by molar-refractivity contribution is 5.84. The second-order valence-electron chi connectivity index (χ2n) is 5.34. The van der Waals surface area contributed by atoms with Gasteiger partial charge in [-0.25, -0.2) is 0 Å². The monoisotopic (exact) mass is 356 g/mol. The van der Waals surface area contributed by atoms with Gasteiger partial charge in [0.25, 0.3) is 0 Å². The molecule has 0 aromatic heterocycles. The minimum Gasteiger partial charge on any atom is -0.497 e. The van der Waals surface area contributed by atoms with Gasteiger partial charge in [0, 0.05) is 6.42 Å². The number of rotatable bonds is 7. The van der Waals surface area contributed by atoms with Gasteiger partial charge in [-0.05, 0) is 25.5 Å². The molecule has 0 spiro atoms. The summed E-state index contributed by atoms with van der Waals surface area (Å²) in [5.41, 5.74) is -0.976. The third-order valence-electron chi connectivity index (χ3n) is 3.52. The van der Waals surface area contributed by atoms with Gasteiger partial charge in [-0.2, -0.15) is 0 Å². The second-order valence-corrected chi connectivity index (χ2v) is 5.34. The third kappa shape index (κ3) is 4.63. The molecule has 0 saturated carbocycles. The van der Waals surface area contributed by atoms with Gasteiger partial charge in [-0.1, -0.05) is 30.3 Å². The first-order valence-corrected chi connectivity index (χ1v) is 7.84. The Hall–Kier alpha value is -2.28. The van der Waals surface area contributed by atoms with Crippen LogP contribution < -0.4 is 0 Å². The van der Waals surface area contributed by atoms with Crippen LogP contribution in [0.2, 0.25) is 0 Å². The van der Waals surface area contributed by atoms with Gasteiger partial charge in [-0.15, -0.1) is 13.2 Å². The molecule has 1 aromatic rings. The number of hydrogen-bond acceptors (Lipinski definition) is 4. The zero-order chi connectivity index (χ0) is 18.5. The van der Waals surface area contributed by atoms with E-state index in [4.69, 9.17) is 9.47 Å². The summed E-state index contributed by atoms with van der Waals surface area (Å²) in [6.07, 6.45) is -4.15. The molecule has 1 aliphatic rings. The predicted molar refractivity (Wildman–Crippen MR) is 85.2 cm³/mol. The maximum absolute atomic E-state index is 12.8. The molecule has 1 atom stereocenters. The maximum atomic E-state index is 12.8. The molecule has 0 bridgehead atoms. The van der Waals surface area contributed by atoms with Crippen LogP contribution in [-0.2, 0) is 19.0 Å². The molecular weight excluding hydrogens is 337 g/mol. The van der Waals surface area contributed by atoms with Crippen LogP contribution in [0, 0.1) is 0 Å². The number of halogens is 3. The van der Waals surface area contributed by atoms with Crippen molar-refractivity contribution in [3.63, 3.8) is 0 Å². The van der Waals surface area contributed by atoms with E-state index in [2.05, 4.69) is 4.74 Å². The summed E-state index contributed by atoms with van der Waals surface area (Å²) in [5, 5.41) is 0. The first-order chi connectivity index (χ1) is 11.8. The Morgan fingerprint density at radius 1 is 1.12 bits per heavy atom. The second kappa shape index (κ2) is 7.74. The lowest BCUT2D eigenvalue weighted by molar-refractivity contribution is -0.350. The Bertz CT molecular complexity index is 665. The SMILES string of the molecule is CCOC1=CC(C=O)(OC(F)(F)F)CC(OCC)=C1c1ccccc1. The van der Waals surface area contributed by atoms with Crippen molar-refractivity contribution in [3.8, 4) is 0 Å². The number of aldehydes is 1. The van der Waals surface area contributed by atoms with Gasteiger partial charge in [0.15, 0.2) is 11.9 Å². The molecule has 0 radical (unpaired) electrons. The third-order valence-corrected chi connectivity index (χ3v) is 3.52. The molecule has 0 aliphatic heterocycles. The molecule has 2 rings (SSSR count). The molecular formula is C18H19F3O4. The standard InChI is InChI=1S/C18H19F3O4/c1-3-23-14-10-17(12-22,25-18(19,20)21)11-15(24-4-2)16(14)13-8-6-5-7-9-13/h5-10,12H,3-4,11H2,1-2H3. The van der Waals surface area contributed by atoms with Crippen LogP contribution in [0.5, 0.6) is 0 Å². The zero-order valence-corrected chi connectivity index (χ0v) is 13.9. The van der Waals surface area contributed by atoms with E-state index in [1.54, 1.807) is 38.1 Å². The number of benzene rings is 1. The fourth-order valence-electron chi connectivity index (χ4n) is 2.68. The van der Waals surface area contributed by atoms with Crippen molar-refractivity contribution in [1.82, 2.24) is 0 Å². The summed E-state index contributed by atoms with van der Waals surface area (Å²) in [7, 11) is 0. The molecule has 0 heterocycles. The smallest absolute Gasteiger partial charge is 0.497 e. The average Bonchev–Trinajstić information content (AvgIpc) is 2.54. The lowest BCUT2D eigenvalue weighted by atomic mass is 9.87. The highest BCUT2D eigenvalue weighted by atomic mass is 19.4. The number of allylic oxidation sites excluding steroid dienone is 1. The summed E-state index contributed by atoms with van der Waals surface area (Å²) in [4.78, 5) is 11.5. The van der Waals surface area contributed by atoms with Crippen LogP contribution in [0.4, 0.5) is 13.2 Å². The molecule has 7 heteroatoms. The van der Waals surface area contributed by atoms with Gasteiger partial charge in [0.05, 0.1) is 18.8 Å². The fraction of sp³-hybridized carbons (Fsp3) is 0.389. The molecule has 25 heavy (non-hydrogen) atoms. The van der Waals surface area contributed by atoms with Gasteiger partial charge >= 0.3 is 6.36 Å². The quantitative estimate of drug-likeness (QED) is 0.686. The molecule has 4 nitrogen and oxygen atoms in total. The first-order valence-electron chi connectivity index (χ1n) is 7.84. The van der Waals surface area contributed by atoms with Crippen molar-refractivity contribution in [2.75, 3.05) is 13.2 Å². The Morgan fingerprint density at radius 2 is 1.76 bits per heavy atom. The Morgan fingerprint density at radius 3 is 2.28 bits per heavy atom. The first kappa shape index (κ1) is 19.1. The summed E-state index contributed by atoms with van der Waals surface area (Å²) in [6.45, 7) is 3.85. The minimum absolute atomic E-state index is 0.125. The van der Waals surface area contributed by atoms with Crippen molar-refractivity contribution in [2.24, 2.45) is 0 Å². The van der Waals surface area contributed by atoms with Crippen LogP contribution in [-0.4, -0.2) is 31.5 Å². The number of carbonyl (C=O) groups is 1. The summed E-state index contributed by atoms with van der Waals surface area (Å²) in [6, 6.07) is 8.99. The highest BCUT2D eigenvalue weighted by Crippen LogP contribution is 2.41. The van der Waals surface area contributed by atoms with E-state index < -0.39 is 12.0 Å². The normalized spacial score (nSPS) is 20.9. The fourth-order valence-corrected chi connectivity index (χ4v) is 2.68. The number of hydrogen-bond donors (Lipinski definition) is 0. The van der Waals surface area contributed by atoms with Crippen LogP contribution in [0.3, 0.4) is 0 Å². The summed E-state index contributed by atoms with van der Waals surface area (Å²) < 4.78 is 53.6. The molecule has 0 fully saturated rings. The zero-order valence-electron chi connectivity index (χ0n) is 13.9. The molecule has 0 saturated heterocycles. The van der Waals surface area contributed by atoms with Crippen molar-refractivity contribution in [3.05, 3.63) is 53.5 Å². The largest absolute Gasteiger partial charge is 0.523 e. The highest BCUT2D eigenvalue weighted by Gasteiger charge is 2.46. The van der Waals surface area contributed by atoms with E-state index in [0.29, 0.717) is 5.57 Å². The molecule has 1 unspecified atom stereocenters. The molecule has 0 amide bonds. The summed E-state index contributed by atoms with van der Waals surface area (Å²) in [5.74, 6) is 0.343. The maximum Gasteiger partial charge on any atom is 0.523 e. The van der Waals surface area contributed by atoms with Crippen molar-refractivity contribution in [1.29, 1.82) is 0 Å². The predicted octanol–water partition coefficient (Wildman–Crippen LogP) is 4.23. The van der Waals surface area contributed by atoms with Crippen molar-refractivity contribution >= 4 is 11.9 Å². The lowest BCUT2D eigenvalue weighted by Gasteiger charge is -2.33. The van der Waals surface area contributed by atoms with Crippen molar-refractivity contribution in [2.45, 2.75) is 32.2 Å². The van der Waals surface area contributed by atoms with E-state index in [0.717, 1.165) is 11.6 Å². The molecule has 136 valence electrons. The Labute approximate surface area is 143 Å². The van der Waals surface area contributed by atoms with Gasteiger partial charge in [0.2, 0.25) is 0 Å². The number of alkyl halides is 3. The van der Waals surface area contributed by atoms with Crippen LogP contribution in [0.15, 0.2) is 47.9 Å². The van der Waals surface area contributed by atoms with Gasteiger partial charge in [-0.3, -0.25) is 9.53 Å². The van der Waals surface area contributed by atoms with Gasteiger partial charge in [0.1, 0.15) is 11.5 Å². The van der Waals surface area contributed by atoms with Crippen LogP contribution in [0.25, 0.3) is 5.57 Å². The van der Waals surface area contributed by atoms with Crippen LogP contribution in [0.1, 0.15) is 25.8 Å². The van der Waals surface area contributed by atoms with Gasteiger partial charge < -0.3 is 9.47 Å². The number of ether oxygens (including phenoxy) is 3. The minimum atomic E-state index is -4.98. The van der Waals surface area contributed by atoms with E-state index in [9.17, 15) is 18.0 Å². The Balaban J connectivity index is 2.58. The average molecular weight is 356 g/mol. The van der Waals surface area contributed by atoms with E-state index in [-0.39, 0.29) is 37.4 Å². The Kier molecular flexibility index (Phi) is 5.89. The van der Waals surface area contributed by atoms with Crippen molar-refractivity contribution < 1.29 is 32.2 Å². The molecule has 0 N–H and O–H groups in total. The molecule has 1 aliphatic carbocycles. The van der Waals surface area contributed by atoms with E-state index >= 15 is 0 Å². The summed E-state index contributed by atoms with van der Waals surface area (Å²) >= 11 is 0. The number of carbonyl (C=O) groups excluding carboxylic acids is 1.